The largest absolute Gasteiger partial charge is 0.361 e. The molecule has 1 amide bonds. The van der Waals surface area contributed by atoms with Crippen molar-refractivity contribution in [3.05, 3.63) is 70.2 Å². The van der Waals surface area contributed by atoms with E-state index in [0.717, 1.165) is 33.2 Å². The van der Waals surface area contributed by atoms with Gasteiger partial charge in [-0.15, -0.1) is 11.8 Å². The molecule has 1 N–H and O–H groups in total. The molecule has 134 valence electrons. The number of hydrogen-bond acceptors (Lipinski definition) is 5. The summed E-state index contributed by atoms with van der Waals surface area (Å²) in [6, 6.07) is 11.4. The molecular formula is C20H21N3O2S. The van der Waals surface area contributed by atoms with Crippen LogP contribution < -0.4 is 5.32 Å². The number of amides is 1. The standard InChI is InChI=1S/C20H21N3O2S/c1-12-9-13(2)21-19(10-12)22-20(24)16-7-5-6-8-18(16)26-11-17-14(3)23-25-15(17)4/h5-10H,11H2,1-4H3,(H,21,22,24). The van der Waals surface area contributed by atoms with Crippen LogP contribution in [0.5, 0.6) is 0 Å². The van der Waals surface area contributed by atoms with Crippen molar-refractivity contribution in [2.45, 2.75) is 38.3 Å². The van der Waals surface area contributed by atoms with Gasteiger partial charge in [0.2, 0.25) is 0 Å². The maximum atomic E-state index is 12.8. The molecule has 0 radical (unpaired) electrons. The molecule has 0 saturated carbocycles. The van der Waals surface area contributed by atoms with E-state index >= 15 is 0 Å². The predicted octanol–water partition coefficient (Wildman–Crippen LogP) is 4.85. The van der Waals surface area contributed by atoms with Crippen molar-refractivity contribution in [1.29, 1.82) is 0 Å². The molecule has 5 nitrogen and oxygen atoms in total. The minimum atomic E-state index is -0.163. The van der Waals surface area contributed by atoms with Crippen LogP contribution in [0, 0.1) is 27.7 Å². The van der Waals surface area contributed by atoms with E-state index in [-0.39, 0.29) is 5.91 Å². The van der Waals surface area contributed by atoms with Crippen LogP contribution >= 0.6 is 11.8 Å². The summed E-state index contributed by atoms with van der Waals surface area (Å²) in [5.74, 6) is 1.92. The average Bonchev–Trinajstić information content (AvgIpc) is 2.90. The van der Waals surface area contributed by atoms with Crippen molar-refractivity contribution in [3.63, 3.8) is 0 Å². The fraction of sp³-hybridized carbons (Fsp3) is 0.250. The molecule has 0 aliphatic heterocycles. The van der Waals surface area contributed by atoms with Gasteiger partial charge in [0, 0.05) is 21.9 Å². The number of pyridine rings is 1. The molecule has 0 unspecified atom stereocenters. The third-order valence-electron chi connectivity index (χ3n) is 4.02. The van der Waals surface area contributed by atoms with Crippen molar-refractivity contribution >= 4 is 23.5 Å². The van der Waals surface area contributed by atoms with Crippen LogP contribution in [0.15, 0.2) is 45.8 Å². The number of anilines is 1. The zero-order chi connectivity index (χ0) is 18.7. The van der Waals surface area contributed by atoms with Crippen LogP contribution in [0.3, 0.4) is 0 Å². The highest BCUT2D eigenvalue weighted by molar-refractivity contribution is 7.98. The summed E-state index contributed by atoms with van der Waals surface area (Å²) in [6.07, 6.45) is 0. The molecule has 2 heterocycles. The summed E-state index contributed by atoms with van der Waals surface area (Å²) in [5, 5.41) is 6.88. The molecule has 0 aliphatic carbocycles. The lowest BCUT2D eigenvalue weighted by atomic mass is 10.2. The molecule has 0 aliphatic rings. The number of aryl methyl sites for hydroxylation is 4. The van der Waals surface area contributed by atoms with Gasteiger partial charge in [-0.1, -0.05) is 17.3 Å². The Balaban J connectivity index is 1.79. The third-order valence-corrected chi connectivity index (χ3v) is 5.12. The quantitative estimate of drug-likeness (QED) is 0.653. The average molecular weight is 367 g/mol. The summed E-state index contributed by atoms with van der Waals surface area (Å²) in [6.45, 7) is 7.73. The topological polar surface area (TPSA) is 68.0 Å². The van der Waals surface area contributed by atoms with Crippen molar-refractivity contribution in [1.82, 2.24) is 10.1 Å². The number of carbonyl (C=O) groups is 1. The van der Waals surface area contributed by atoms with Gasteiger partial charge in [0.05, 0.1) is 11.3 Å². The number of nitrogens with zero attached hydrogens (tertiary/aromatic N) is 2. The van der Waals surface area contributed by atoms with E-state index < -0.39 is 0 Å². The predicted molar refractivity (Wildman–Crippen MR) is 104 cm³/mol. The van der Waals surface area contributed by atoms with Crippen molar-refractivity contribution in [2.75, 3.05) is 5.32 Å². The SMILES string of the molecule is Cc1cc(C)nc(NC(=O)c2ccccc2SCc2c(C)noc2C)c1. The summed E-state index contributed by atoms with van der Waals surface area (Å²) in [7, 11) is 0. The molecule has 0 saturated heterocycles. The zero-order valence-corrected chi connectivity index (χ0v) is 16.1. The maximum absolute atomic E-state index is 12.8. The first-order valence-electron chi connectivity index (χ1n) is 8.34. The minimum Gasteiger partial charge on any atom is -0.361 e. The highest BCUT2D eigenvalue weighted by Crippen LogP contribution is 2.29. The second-order valence-corrected chi connectivity index (χ2v) is 7.23. The van der Waals surface area contributed by atoms with Crippen LogP contribution in [0.25, 0.3) is 0 Å². The Morgan fingerprint density at radius 1 is 1.15 bits per heavy atom. The first-order chi connectivity index (χ1) is 12.4. The fourth-order valence-corrected chi connectivity index (χ4v) is 3.93. The smallest absolute Gasteiger partial charge is 0.257 e. The number of hydrogen-bond donors (Lipinski definition) is 1. The lowest BCUT2D eigenvalue weighted by Gasteiger charge is -2.10. The van der Waals surface area contributed by atoms with Gasteiger partial charge in [-0.25, -0.2) is 4.98 Å². The lowest BCUT2D eigenvalue weighted by Crippen LogP contribution is -2.14. The summed E-state index contributed by atoms with van der Waals surface area (Å²) < 4.78 is 5.21. The number of thioether (sulfide) groups is 1. The highest BCUT2D eigenvalue weighted by Gasteiger charge is 2.15. The van der Waals surface area contributed by atoms with E-state index in [1.165, 1.54) is 0 Å². The van der Waals surface area contributed by atoms with Gasteiger partial charge >= 0.3 is 0 Å². The van der Waals surface area contributed by atoms with E-state index in [2.05, 4.69) is 15.5 Å². The molecule has 1 aromatic carbocycles. The van der Waals surface area contributed by atoms with Crippen LogP contribution in [0.4, 0.5) is 5.82 Å². The molecule has 6 heteroatoms. The van der Waals surface area contributed by atoms with Gasteiger partial charge in [-0.3, -0.25) is 4.79 Å². The van der Waals surface area contributed by atoms with Crippen LogP contribution in [-0.2, 0) is 5.75 Å². The van der Waals surface area contributed by atoms with Crippen LogP contribution in [0.2, 0.25) is 0 Å². The highest BCUT2D eigenvalue weighted by atomic mass is 32.2. The maximum Gasteiger partial charge on any atom is 0.257 e. The first-order valence-corrected chi connectivity index (χ1v) is 9.33. The third kappa shape index (κ3) is 4.14. The number of nitrogens with one attached hydrogen (secondary N) is 1. The monoisotopic (exact) mass is 367 g/mol. The Labute approximate surface area is 157 Å². The van der Waals surface area contributed by atoms with Gasteiger partial charge < -0.3 is 9.84 Å². The molecule has 0 spiro atoms. The molecule has 0 fully saturated rings. The normalized spacial score (nSPS) is 10.8. The fourth-order valence-electron chi connectivity index (χ4n) is 2.73. The summed E-state index contributed by atoms with van der Waals surface area (Å²) >= 11 is 1.60. The minimum absolute atomic E-state index is 0.163. The molecule has 2 aromatic heterocycles. The number of aromatic nitrogens is 2. The van der Waals surface area contributed by atoms with Gasteiger partial charge in [0.1, 0.15) is 11.6 Å². The van der Waals surface area contributed by atoms with E-state index in [0.29, 0.717) is 17.1 Å². The summed E-state index contributed by atoms with van der Waals surface area (Å²) in [5.41, 5.74) is 4.53. The number of rotatable bonds is 5. The van der Waals surface area contributed by atoms with Crippen LogP contribution in [0.1, 0.15) is 38.6 Å². The Bertz CT molecular complexity index is 910. The molecule has 0 atom stereocenters. The van der Waals surface area contributed by atoms with Gasteiger partial charge in [-0.2, -0.15) is 0 Å². The van der Waals surface area contributed by atoms with Gasteiger partial charge in [0.25, 0.3) is 5.91 Å². The van der Waals surface area contributed by atoms with E-state index in [1.54, 1.807) is 11.8 Å². The second kappa shape index (κ2) is 7.74. The van der Waals surface area contributed by atoms with Crippen LogP contribution in [-0.4, -0.2) is 16.0 Å². The Morgan fingerprint density at radius 2 is 1.92 bits per heavy atom. The Kier molecular flexibility index (Phi) is 5.42. The first kappa shape index (κ1) is 18.2. The molecular weight excluding hydrogens is 346 g/mol. The Morgan fingerprint density at radius 3 is 2.62 bits per heavy atom. The second-order valence-electron chi connectivity index (χ2n) is 6.21. The Hall–Kier alpha value is -2.60. The molecule has 3 aromatic rings. The van der Waals surface area contributed by atoms with E-state index in [1.807, 2.05) is 64.1 Å². The van der Waals surface area contributed by atoms with E-state index in [9.17, 15) is 4.79 Å². The summed E-state index contributed by atoms with van der Waals surface area (Å²) in [4.78, 5) is 18.0. The van der Waals surface area contributed by atoms with E-state index in [4.69, 9.17) is 4.52 Å². The lowest BCUT2D eigenvalue weighted by molar-refractivity contribution is 0.102. The van der Waals surface area contributed by atoms with Crippen molar-refractivity contribution in [2.24, 2.45) is 0 Å². The molecule has 3 rings (SSSR count). The number of carbonyl (C=O) groups excluding carboxylic acids is 1. The molecule has 0 bridgehead atoms. The van der Waals surface area contributed by atoms with Crippen molar-refractivity contribution < 1.29 is 9.32 Å². The van der Waals surface area contributed by atoms with Gasteiger partial charge in [-0.05, 0) is 57.5 Å². The molecule has 26 heavy (non-hydrogen) atoms. The number of benzene rings is 1. The van der Waals surface area contributed by atoms with Gasteiger partial charge in [0.15, 0.2) is 0 Å². The zero-order valence-electron chi connectivity index (χ0n) is 15.3. The van der Waals surface area contributed by atoms with Crippen molar-refractivity contribution in [3.8, 4) is 0 Å².